The third-order valence-electron chi connectivity index (χ3n) is 4.39. The standard InChI is InChI=1S/C15H23ClN2/c1-11-6-7-15(10-17,9-12(11)2)18-14-5-3-4-13(16)8-14/h3-5,8,11-12,18H,6-7,9-10,17H2,1-2H3. The van der Waals surface area contributed by atoms with Gasteiger partial charge in [0.05, 0.1) is 0 Å². The van der Waals surface area contributed by atoms with Crippen molar-refractivity contribution in [3.05, 3.63) is 29.3 Å². The van der Waals surface area contributed by atoms with Crippen LogP contribution in [0.2, 0.25) is 5.02 Å². The molecule has 0 spiro atoms. The molecule has 1 aliphatic carbocycles. The molecule has 1 aromatic carbocycles. The molecule has 18 heavy (non-hydrogen) atoms. The SMILES string of the molecule is CC1CCC(CN)(Nc2cccc(Cl)c2)CC1C. The van der Waals surface area contributed by atoms with E-state index in [0.29, 0.717) is 12.5 Å². The lowest BCUT2D eigenvalue weighted by Gasteiger charge is -2.43. The van der Waals surface area contributed by atoms with Crippen LogP contribution in [-0.4, -0.2) is 12.1 Å². The van der Waals surface area contributed by atoms with E-state index < -0.39 is 0 Å². The van der Waals surface area contributed by atoms with Crippen molar-refractivity contribution in [2.45, 2.75) is 38.6 Å². The Morgan fingerprint density at radius 2 is 2.17 bits per heavy atom. The summed E-state index contributed by atoms with van der Waals surface area (Å²) in [6.45, 7) is 5.34. The van der Waals surface area contributed by atoms with Gasteiger partial charge in [0, 0.05) is 22.8 Å². The lowest BCUT2D eigenvalue weighted by atomic mass is 9.71. The second-order valence-electron chi connectivity index (χ2n) is 5.82. The summed E-state index contributed by atoms with van der Waals surface area (Å²) in [5, 5.41) is 4.39. The first-order valence-electron chi connectivity index (χ1n) is 6.78. The number of nitrogens with one attached hydrogen (secondary N) is 1. The van der Waals surface area contributed by atoms with Gasteiger partial charge >= 0.3 is 0 Å². The quantitative estimate of drug-likeness (QED) is 0.871. The Morgan fingerprint density at radius 3 is 2.78 bits per heavy atom. The summed E-state index contributed by atoms with van der Waals surface area (Å²) < 4.78 is 0. The van der Waals surface area contributed by atoms with Crippen LogP contribution in [0.5, 0.6) is 0 Å². The topological polar surface area (TPSA) is 38.0 Å². The molecule has 3 heteroatoms. The summed E-state index contributed by atoms with van der Waals surface area (Å²) in [5.41, 5.74) is 7.15. The van der Waals surface area contributed by atoms with Crippen LogP contribution in [-0.2, 0) is 0 Å². The van der Waals surface area contributed by atoms with Gasteiger partial charge in [0.2, 0.25) is 0 Å². The fourth-order valence-electron chi connectivity index (χ4n) is 2.93. The number of hydrogen-bond donors (Lipinski definition) is 2. The van der Waals surface area contributed by atoms with E-state index in [1.54, 1.807) is 0 Å². The minimum atomic E-state index is 0.0383. The zero-order valence-corrected chi connectivity index (χ0v) is 12.0. The fourth-order valence-corrected chi connectivity index (χ4v) is 3.12. The van der Waals surface area contributed by atoms with Crippen molar-refractivity contribution in [3.63, 3.8) is 0 Å². The molecule has 1 fully saturated rings. The number of halogens is 1. The minimum Gasteiger partial charge on any atom is -0.378 e. The van der Waals surface area contributed by atoms with Crippen LogP contribution in [0.25, 0.3) is 0 Å². The van der Waals surface area contributed by atoms with Gasteiger partial charge in [-0.25, -0.2) is 0 Å². The van der Waals surface area contributed by atoms with E-state index in [-0.39, 0.29) is 5.54 Å². The molecule has 0 amide bonds. The van der Waals surface area contributed by atoms with Gasteiger partial charge in [-0.15, -0.1) is 0 Å². The Labute approximate surface area is 115 Å². The molecular formula is C15H23ClN2. The first-order chi connectivity index (χ1) is 8.54. The highest BCUT2D eigenvalue weighted by Gasteiger charge is 2.36. The largest absolute Gasteiger partial charge is 0.378 e. The molecule has 100 valence electrons. The molecule has 2 rings (SSSR count). The molecule has 0 saturated heterocycles. The lowest BCUT2D eigenvalue weighted by molar-refractivity contribution is 0.196. The summed E-state index contributed by atoms with van der Waals surface area (Å²) in [4.78, 5) is 0. The number of rotatable bonds is 3. The third kappa shape index (κ3) is 2.99. The van der Waals surface area contributed by atoms with Crippen molar-refractivity contribution < 1.29 is 0 Å². The summed E-state index contributed by atoms with van der Waals surface area (Å²) in [6, 6.07) is 7.91. The van der Waals surface area contributed by atoms with Crippen LogP contribution in [0.3, 0.4) is 0 Å². The maximum Gasteiger partial charge on any atom is 0.0498 e. The zero-order valence-electron chi connectivity index (χ0n) is 11.2. The predicted molar refractivity (Wildman–Crippen MR) is 79.0 cm³/mol. The Balaban J connectivity index is 2.13. The highest BCUT2D eigenvalue weighted by Crippen LogP contribution is 2.38. The lowest BCUT2D eigenvalue weighted by Crippen LogP contribution is -2.50. The second kappa shape index (κ2) is 5.50. The van der Waals surface area contributed by atoms with E-state index in [9.17, 15) is 0 Å². The highest BCUT2D eigenvalue weighted by atomic mass is 35.5. The van der Waals surface area contributed by atoms with E-state index in [2.05, 4.69) is 25.2 Å². The Morgan fingerprint density at radius 1 is 1.39 bits per heavy atom. The summed E-state index contributed by atoms with van der Waals surface area (Å²) in [6.07, 6.45) is 3.52. The first-order valence-corrected chi connectivity index (χ1v) is 7.16. The molecule has 0 aromatic heterocycles. The Hall–Kier alpha value is -0.730. The summed E-state index contributed by atoms with van der Waals surface area (Å²) in [7, 11) is 0. The van der Waals surface area contributed by atoms with Gasteiger partial charge < -0.3 is 11.1 Å². The van der Waals surface area contributed by atoms with Crippen LogP contribution >= 0.6 is 11.6 Å². The van der Waals surface area contributed by atoms with Crippen molar-refractivity contribution in [2.24, 2.45) is 17.6 Å². The molecule has 3 N–H and O–H groups in total. The molecule has 1 aliphatic rings. The van der Waals surface area contributed by atoms with Gasteiger partial charge in [-0.1, -0.05) is 31.5 Å². The molecule has 0 aliphatic heterocycles. The van der Waals surface area contributed by atoms with E-state index in [1.165, 1.54) is 6.42 Å². The first kappa shape index (κ1) is 13.7. The van der Waals surface area contributed by atoms with Gasteiger partial charge in [-0.05, 0) is 49.3 Å². The van der Waals surface area contributed by atoms with Crippen molar-refractivity contribution in [2.75, 3.05) is 11.9 Å². The van der Waals surface area contributed by atoms with E-state index in [0.717, 1.165) is 29.5 Å². The van der Waals surface area contributed by atoms with Crippen molar-refractivity contribution in [1.29, 1.82) is 0 Å². The summed E-state index contributed by atoms with van der Waals surface area (Å²) in [5.74, 6) is 1.51. The number of benzene rings is 1. The number of nitrogens with two attached hydrogens (primary N) is 1. The molecule has 2 nitrogen and oxygen atoms in total. The Bertz CT molecular complexity index is 407. The van der Waals surface area contributed by atoms with Gasteiger partial charge in [0.1, 0.15) is 0 Å². The van der Waals surface area contributed by atoms with Crippen LogP contribution in [0.4, 0.5) is 5.69 Å². The van der Waals surface area contributed by atoms with Gasteiger partial charge in [0.25, 0.3) is 0 Å². The maximum atomic E-state index is 6.04. The van der Waals surface area contributed by atoms with Gasteiger partial charge in [0.15, 0.2) is 0 Å². The maximum absolute atomic E-state index is 6.04. The van der Waals surface area contributed by atoms with Crippen molar-refractivity contribution in [1.82, 2.24) is 0 Å². The molecule has 3 unspecified atom stereocenters. The molecule has 1 aromatic rings. The number of hydrogen-bond acceptors (Lipinski definition) is 2. The van der Waals surface area contributed by atoms with Crippen LogP contribution in [0.1, 0.15) is 33.1 Å². The van der Waals surface area contributed by atoms with E-state index >= 15 is 0 Å². The van der Waals surface area contributed by atoms with Crippen LogP contribution in [0, 0.1) is 11.8 Å². The third-order valence-corrected chi connectivity index (χ3v) is 4.62. The minimum absolute atomic E-state index is 0.0383. The average molecular weight is 267 g/mol. The smallest absolute Gasteiger partial charge is 0.0498 e. The predicted octanol–water partition coefficient (Wildman–Crippen LogP) is 3.91. The van der Waals surface area contributed by atoms with Crippen molar-refractivity contribution >= 4 is 17.3 Å². The van der Waals surface area contributed by atoms with Crippen LogP contribution in [0.15, 0.2) is 24.3 Å². The molecule has 0 heterocycles. The van der Waals surface area contributed by atoms with E-state index in [1.807, 2.05) is 18.2 Å². The van der Waals surface area contributed by atoms with Crippen molar-refractivity contribution in [3.8, 4) is 0 Å². The van der Waals surface area contributed by atoms with Gasteiger partial charge in [-0.2, -0.15) is 0 Å². The monoisotopic (exact) mass is 266 g/mol. The molecule has 0 radical (unpaired) electrons. The van der Waals surface area contributed by atoms with Gasteiger partial charge in [-0.3, -0.25) is 0 Å². The molecule has 1 saturated carbocycles. The average Bonchev–Trinajstić information content (AvgIpc) is 2.34. The molecular weight excluding hydrogens is 244 g/mol. The second-order valence-corrected chi connectivity index (χ2v) is 6.25. The van der Waals surface area contributed by atoms with E-state index in [4.69, 9.17) is 17.3 Å². The highest BCUT2D eigenvalue weighted by molar-refractivity contribution is 6.30. The fraction of sp³-hybridized carbons (Fsp3) is 0.600. The molecule has 0 bridgehead atoms. The Kier molecular flexibility index (Phi) is 4.18. The number of anilines is 1. The summed E-state index contributed by atoms with van der Waals surface area (Å²) >= 11 is 6.03. The van der Waals surface area contributed by atoms with Crippen LogP contribution < -0.4 is 11.1 Å². The molecule has 3 atom stereocenters. The normalized spacial score (nSPS) is 32.2. The zero-order chi connectivity index (χ0) is 13.2.